The van der Waals surface area contributed by atoms with Crippen LogP contribution in [0.15, 0.2) is 12.1 Å². The Hall–Kier alpha value is -0.495. The summed E-state index contributed by atoms with van der Waals surface area (Å²) in [5.41, 5.74) is -2.70. The average molecular weight is 351 g/mol. The van der Waals surface area contributed by atoms with Crippen LogP contribution in [0.5, 0.6) is 0 Å². The van der Waals surface area contributed by atoms with Gasteiger partial charge in [-0.25, -0.2) is 8.78 Å². The van der Waals surface area contributed by atoms with Crippen LogP contribution in [0.4, 0.5) is 8.78 Å². The molecule has 2 N–H and O–H groups in total. The lowest BCUT2D eigenvalue weighted by Gasteiger charge is -2.38. The molecule has 0 atom stereocenters. The highest BCUT2D eigenvalue weighted by Crippen LogP contribution is 2.26. The third kappa shape index (κ3) is 3.58. The van der Waals surface area contributed by atoms with Crippen LogP contribution >= 0.6 is 15.9 Å². The minimum atomic E-state index is -1.68. The van der Waals surface area contributed by atoms with Gasteiger partial charge in [0.15, 0.2) is 0 Å². The van der Waals surface area contributed by atoms with Crippen molar-refractivity contribution >= 4 is 28.5 Å². The molecule has 1 aromatic carbocycles. The number of benzene rings is 1. The molecule has 0 aliphatic heterocycles. The van der Waals surface area contributed by atoms with Gasteiger partial charge in [-0.1, -0.05) is 15.9 Å². The van der Waals surface area contributed by atoms with Gasteiger partial charge in [-0.2, -0.15) is 0 Å². The molecule has 0 aliphatic carbocycles. The van der Waals surface area contributed by atoms with Gasteiger partial charge in [-0.05, 0) is 39.8 Å². The van der Waals surface area contributed by atoms with E-state index in [4.69, 9.17) is 4.65 Å². The highest BCUT2D eigenvalue weighted by atomic mass is 79.9. The van der Waals surface area contributed by atoms with Crippen LogP contribution in [0.2, 0.25) is 0 Å². The molecule has 0 heterocycles. The molecule has 0 aliphatic rings. The molecular weight excluding hydrogens is 333 g/mol. The fraction of sp³-hybridized carbons (Fsp3) is 0.538. The van der Waals surface area contributed by atoms with E-state index in [9.17, 15) is 18.9 Å². The quantitative estimate of drug-likeness (QED) is 0.631. The molecule has 1 aromatic rings. The Morgan fingerprint density at radius 3 is 2.15 bits per heavy atom. The van der Waals surface area contributed by atoms with Gasteiger partial charge >= 0.3 is 7.12 Å². The molecule has 3 nitrogen and oxygen atoms in total. The highest BCUT2D eigenvalue weighted by molar-refractivity contribution is 9.08. The van der Waals surface area contributed by atoms with Crippen molar-refractivity contribution in [1.82, 2.24) is 0 Å². The van der Waals surface area contributed by atoms with E-state index in [1.165, 1.54) is 13.8 Å². The maximum atomic E-state index is 13.8. The Kier molecular flexibility index (Phi) is 5.35. The monoisotopic (exact) mass is 350 g/mol. The first-order valence-corrected chi connectivity index (χ1v) is 7.24. The summed E-state index contributed by atoms with van der Waals surface area (Å²) in [4.78, 5) is 0. The number of hydrogen-bond acceptors (Lipinski definition) is 3. The van der Waals surface area contributed by atoms with E-state index in [0.717, 1.165) is 12.1 Å². The van der Waals surface area contributed by atoms with E-state index >= 15 is 0 Å². The van der Waals surface area contributed by atoms with Gasteiger partial charge in [0.25, 0.3) is 0 Å². The van der Waals surface area contributed by atoms with Gasteiger partial charge in [0.2, 0.25) is 0 Å². The second kappa shape index (κ2) is 6.09. The topological polar surface area (TPSA) is 49.7 Å². The number of halogens is 3. The summed E-state index contributed by atoms with van der Waals surface area (Å²) in [5.74, 6) is -1.40. The maximum Gasteiger partial charge on any atom is 0.495 e. The highest BCUT2D eigenvalue weighted by Gasteiger charge is 2.41. The van der Waals surface area contributed by atoms with E-state index in [-0.39, 0.29) is 16.4 Å². The van der Waals surface area contributed by atoms with Gasteiger partial charge in [0.05, 0.1) is 11.2 Å². The van der Waals surface area contributed by atoms with Gasteiger partial charge in [-0.15, -0.1) is 0 Å². The Labute approximate surface area is 126 Å². The SMILES string of the molecule is CC(C)(O)C(C)(C)OB(O)c1c(F)ccc(F)c1CBr. The van der Waals surface area contributed by atoms with Crippen molar-refractivity contribution in [1.29, 1.82) is 0 Å². The van der Waals surface area contributed by atoms with Crippen LogP contribution in [0.1, 0.15) is 33.3 Å². The van der Waals surface area contributed by atoms with E-state index < -0.39 is 30.0 Å². The number of alkyl halides is 1. The van der Waals surface area contributed by atoms with Crippen molar-refractivity contribution in [3.63, 3.8) is 0 Å². The fourth-order valence-electron chi connectivity index (χ4n) is 1.49. The van der Waals surface area contributed by atoms with Crippen LogP contribution in [0.25, 0.3) is 0 Å². The van der Waals surface area contributed by atoms with Crippen LogP contribution in [0, 0.1) is 11.6 Å². The summed E-state index contributed by atoms with van der Waals surface area (Å²) in [7, 11) is -1.68. The number of rotatable bonds is 5. The predicted octanol–water partition coefficient (Wildman–Crippen LogP) is 2.11. The smallest absolute Gasteiger partial charge is 0.423 e. The number of aliphatic hydroxyl groups is 1. The Balaban J connectivity index is 3.17. The molecule has 0 amide bonds. The van der Waals surface area contributed by atoms with Crippen molar-refractivity contribution < 1.29 is 23.6 Å². The summed E-state index contributed by atoms with van der Waals surface area (Å²) in [5, 5.41) is 20.1. The zero-order valence-corrected chi connectivity index (χ0v) is 13.5. The van der Waals surface area contributed by atoms with Gasteiger partial charge < -0.3 is 14.8 Å². The summed E-state index contributed by atoms with van der Waals surface area (Å²) >= 11 is 3.06. The summed E-state index contributed by atoms with van der Waals surface area (Å²) in [6.07, 6.45) is 0. The second-order valence-corrected chi connectivity index (χ2v) is 6.16. The largest absolute Gasteiger partial charge is 0.495 e. The minimum absolute atomic E-state index is 0.0101. The maximum absolute atomic E-state index is 13.8. The molecule has 0 aromatic heterocycles. The number of hydrogen-bond donors (Lipinski definition) is 2. The molecule has 0 bridgehead atoms. The molecule has 112 valence electrons. The third-order valence-corrected chi connectivity index (χ3v) is 4.07. The Bertz CT molecular complexity index is 489. The van der Waals surface area contributed by atoms with Crippen LogP contribution < -0.4 is 5.46 Å². The average Bonchev–Trinajstić information content (AvgIpc) is 2.29. The second-order valence-electron chi connectivity index (χ2n) is 5.59. The van der Waals surface area contributed by atoms with Crippen LogP contribution in [-0.2, 0) is 9.98 Å². The van der Waals surface area contributed by atoms with Crippen molar-refractivity contribution in [3.05, 3.63) is 29.3 Å². The molecule has 7 heteroatoms. The van der Waals surface area contributed by atoms with Crippen molar-refractivity contribution in [2.24, 2.45) is 0 Å². The zero-order valence-electron chi connectivity index (χ0n) is 11.9. The van der Waals surface area contributed by atoms with E-state index in [1.54, 1.807) is 13.8 Å². The standard InChI is InChI=1S/C13H18BBrF2O3/c1-12(2,18)13(3,4)20-14(19)11-8(7-15)9(16)5-6-10(11)17/h5-6,18-19H,7H2,1-4H3. The summed E-state index contributed by atoms with van der Waals surface area (Å²) in [6.45, 7) is 6.13. The van der Waals surface area contributed by atoms with Gasteiger partial charge in [-0.3, -0.25) is 0 Å². The van der Waals surface area contributed by atoms with Crippen LogP contribution in [0.3, 0.4) is 0 Å². The summed E-state index contributed by atoms with van der Waals surface area (Å²) in [6, 6.07) is 1.92. The minimum Gasteiger partial charge on any atom is -0.423 e. The predicted molar refractivity (Wildman–Crippen MR) is 78.1 cm³/mol. The van der Waals surface area contributed by atoms with E-state index in [0.29, 0.717) is 0 Å². The normalized spacial score (nSPS) is 12.7. The van der Waals surface area contributed by atoms with Crippen molar-refractivity contribution in [2.45, 2.75) is 44.2 Å². The molecule has 0 radical (unpaired) electrons. The molecule has 0 saturated carbocycles. The first kappa shape index (κ1) is 17.6. The van der Waals surface area contributed by atoms with Gasteiger partial charge in [0.1, 0.15) is 11.6 Å². The van der Waals surface area contributed by atoms with Crippen LogP contribution in [-0.4, -0.2) is 28.5 Å². The lowest BCUT2D eigenvalue weighted by atomic mass is 9.74. The molecule has 0 fully saturated rings. The van der Waals surface area contributed by atoms with E-state index in [2.05, 4.69) is 15.9 Å². The summed E-state index contributed by atoms with van der Waals surface area (Å²) < 4.78 is 32.8. The van der Waals surface area contributed by atoms with E-state index in [1.807, 2.05) is 0 Å². The molecule has 20 heavy (non-hydrogen) atoms. The lowest BCUT2D eigenvalue weighted by molar-refractivity contribution is -0.0983. The molecule has 0 spiro atoms. The third-order valence-electron chi connectivity index (χ3n) is 3.51. The van der Waals surface area contributed by atoms with Crippen molar-refractivity contribution in [3.8, 4) is 0 Å². The van der Waals surface area contributed by atoms with Crippen molar-refractivity contribution in [2.75, 3.05) is 0 Å². The molecular formula is C13H18BBrF2O3. The first-order chi connectivity index (χ1) is 9.01. The lowest BCUT2D eigenvalue weighted by Crippen LogP contribution is -2.54. The Morgan fingerprint density at radius 1 is 1.20 bits per heavy atom. The Morgan fingerprint density at radius 2 is 1.70 bits per heavy atom. The fourth-order valence-corrected chi connectivity index (χ4v) is 2.06. The molecule has 0 unspecified atom stereocenters. The molecule has 1 rings (SSSR count). The molecule has 0 saturated heterocycles. The van der Waals surface area contributed by atoms with Gasteiger partial charge in [0, 0.05) is 16.4 Å². The zero-order chi connectivity index (χ0) is 15.7. The first-order valence-electron chi connectivity index (χ1n) is 6.12.